The minimum Gasteiger partial charge on any atom is -0.481 e. The third-order valence-electron chi connectivity index (χ3n) is 2.15. The molecule has 0 atom stereocenters. The zero-order chi connectivity index (χ0) is 11.3. The quantitative estimate of drug-likeness (QED) is 0.848. The zero-order valence-corrected chi connectivity index (χ0v) is 10.8. The van der Waals surface area contributed by atoms with Gasteiger partial charge < -0.3 is 10.0 Å². The van der Waals surface area contributed by atoms with Crippen LogP contribution < -0.4 is 4.90 Å². The van der Waals surface area contributed by atoms with Crippen molar-refractivity contribution < 1.29 is 9.90 Å². The highest BCUT2D eigenvalue weighted by atomic mass is 127. The number of anilines is 1. The Morgan fingerprint density at radius 3 is 2.53 bits per heavy atom. The summed E-state index contributed by atoms with van der Waals surface area (Å²) in [4.78, 5) is 12.4. The molecule has 0 aliphatic heterocycles. The number of nitrogens with zero attached hydrogens (tertiary/aromatic N) is 1. The molecular weight excluding hydrogens is 305 g/mol. The minimum absolute atomic E-state index is 0.231. The van der Waals surface area contributed by atoms with Crippen molar-refractivity contribution >= 4 is 34.2 Å². The molecule has 0 unspecified atom stereocenters. The zero-order valence-electron chi connectivity index (χ0n) is 8.61. The number of hydrogen-bond donors (Lipinski definition) is 1. The van der Waals surface area contributed by atoms with E-state index in [2.05, 4.69) is 27.5 Å². The Balaban J connectivity index is 2.43. The molecule has 0 amide bonds. The van der Waals surface area contributed by atoms with Crippen molar-refractivity contribution in [2.45, 2.75) is 12.8 Å². The van der Waals surface area contributed by atoms with E-state index >= 15 is 0 Å². The summed E-state index contributed by atoms with van der Waals surface area (Å²) in [5.74, 6) is -0.731. The summed E-state index contributed by atoms with van der Waals surface area (Å²) in [6, 6.07) is 8.18. The first-order chi connectivity index (χ1) is 7.09. The first-order valence-electron chi connectivity index (χ1n) is 4.78. The fraction of sp³-hybridized carbons (Fsp3) is 0.364. The molecule has 3 nitrogen and oxygen atoms in total. The van der Waals surface area contributed by atoms with Crippen LogP contribution in [0.1, 0.15) is 12.8 Å². The third kappa shape index (κ3) is 4.51. The van der Waals surface area contributed by atoms with Crippen LogP contribution in [-0.4, -0.2) is 24.7 Å². The molecule has 0 aliphatic carbocycles. The molecule has 0 bridgehead atoms. The second-order valence-electron chi connectivity index (χ2n) is 3.40. The number of benzene rings is 1. The SMILES string of the molecule is CN(CCCC(=O)O)c1ccc(I)cc1. The smallest absolute Gasteiger partial charge is 0.303 e. The Kier molecular flexibility index (Phi) is 4.87. The Hall–Kier alpha value is -0.780. The van der Waals surface area contributed by atoms with Gasteiger partial charge in [-0.15, -0.1) is 0 Å². The number of rotatable bonds is 5. The summed E-state index contributed by atoms with van der Waals surface area (Å²) < 4.78 is 1.20. The van der Waals surface area contributed by atoms with E-state index in [9.17, 15) is 4.79 Å². The van der Waals surface area contributed by atoms with Gasteiger partial charge in [0.1, 0.15) is 0 Å². The molecule has 0 aromatic heterocycles. The normalized spacial score (nSPS) is 10.0. The average Bonchev–Trinajstić information content (AvgIpc) is 2.18. The molecule has 15 heavy (non-hydrogen) atoms. The lowest BCUT2D eigenvalue weighted by molar-refractivity contribution is -0.137. The molecule has 0 heterocycles. The molecule has 0 saturated heterocycles. The summed E-state index contributed by atoms with van der Waals surface area (Å²) in [5.41, 5.74) is 1.13. The lowest BCUT2D eigenvalue weighted by Crippen LogP contribution is -2.19. The van der Waals surface area contributed by atoms with E-state index in [0.717, 1.165) is 12.2 Å². The number of aliphatic carboxylic acids is 1. The monoisotopic (exact) mass is 319 g/mol. The largest absolute Gasteiger partial charge is 0.481 e. The van der Waals surface area contributed by atoms with Crippen molar-refractivity contribution in [2.75, 3.05) is 18.5 Å². The second kappa shape index (κ2) is 5.95. The van der Waals surface area contributed by atoms with Crippen molar-refractivity contribution in [3.63, 3.8) is 0 Å². The van der Waals surface area contributed by atoms with E-state index in [4.69, 9.17) is 5.11 Å². The summed E-state index contributed by atoms with van der Waals surface area (Å²) in [7, 11) is 1.98. The standard InChI is InChI=1S/C11H14INO2/c1-13(8-2-3-11(14)15)10-6-4-9(12)5-7-10/h4-7H,2-3,8H2,1H3,(H,14,15). The molecule has 0 saturated carbocycles. The van der Waals surface area contributed by atoms with E-state index in [1.54, 1.807) is 0 Å². The first kappa shape index (κ1) is 12.3. The first-order valence-corrected chi connectivity index (χ1v) is 5.86. The summed E-state index contributed by atoms with van der Waals surface area (Å²) in [5, 5.41) is 8.51. The maximum absolute atomic E-state index is 10.3. The Bertz CT molecular complexity index is 324. The van der Waals surface area contributed by atoms with Crippen LogP contribution in [0.4, 0.5) is 5.69 Å². The number of carboxylic acids is 1. The second-order valence-corrected chi connectivity index (χ2v) is 4.64. The van der Waals surface area contributed by atoms with Crippen LogP contribution >= 0.6 is 22.6 Å². The van der Waals surface area contributed by atoms with Gasteiger partial charge in [-0.2, -0.15) is 0 Å². The highest BCUT2D eigenvalue weighted by Crippen LogP contribution is 2.15. The number of halogens is 1. The molecule has 1 aromatic carbocycles. The van der Waals surface area contributed by atoms with Crippen molar-refractivity contribution in [1.29, 1.82) is 0 Å². The van der Waals surface area contributed by atoms with Gasteiger partial charge in [0, 0.05) is 29.3 Å². The lowest BCUT2D eigenvalue weighted by Gasteiger charge is -2.18. The van der Waals surface area contributed by atoms with Gasteiger partial charge >= 0.3 is 5.97 Å². The van der Waals surface area contributed by atoms with Gasteiger partial charge in [-0.25, -0.2) is 0 Å². The van der Waals surface area contributed by atoms with Crippen molar-refractivity contribution in [1.82, 2.24) is 0 Å². The Labute approximate surface area is 103 Å². The van der Waals surface area contributed by atoms with E-state index < -0.39 is 5.97 Å². The van der Waals surface area contributed by atoms with Gasteiger partial charge in [-0.3, -0.25) is 4.79 Å². The molecule has 4 heteroatoms. The predicted molar refractivity (Wildman–Crippen MR) is 69.3 cm³/mol. The molecular formula is C11H14INO2. The van der Waals surface area contributed by atoms with E-state index in [-0.39, 0.29) is 6.42 Å². The van der Waals surface area contributed by atoms with Crippen LogP contribution in [-0.2, 0) is 4.79 Å². The number of carbonyl (C=O) groups is 1. The Morgan fingerprint density at radius 2 is 2.00 bits per heavy atom. The van der Waals surface area contributed by atoms with E-state index in [1.807, 2.05) is 31.3 Å². The van der Waals surface area contributed by atoms with Crippen LogP contribution in [0.5, 0.6) is 0 Å². The third-order valence-corrected chi connectivity index (χ3v) is 2.87. The molecule has 0 spiro atoms. The van der Waals surface area contributed by atoms with Crippen molar-refractivity contribution in [2.24, 2.45) is 0 Å². The number of carboxylic acid groups (broad SMARTS) is 1. The fourth-order valence-corrected chi connectivity index (χ4v) is 1.65. The molecule has 1 aromatic rings. The van der Waals surface area contributed by atoms with Gasteiger partial charge in [-0.05, 0) is 53.3 Å². The molecule has 1 rings (SSSR count). The van der Waals surface area contributed by atoms with Crippen LogP contribution in [0, 0.1) is 3.57 Å². The minimum atomic E-state index is -0.731. The summed E-state index contributed by atoms with van der Waals surface area (Å²) in [6.45, 7) is 0.771. The van der Waals surface area contributed by atoms with Crippen molar-refractivity contribution in [3.8, 4) is 0 Å². The number of hydrogen-bond acceptors (Lipinski definition) is 2. The molecule has 82 valence electrons. The molecule has 0 radical (unpaired) electrons. The van der Waals surface area contributed by atoms with E-state index in [1.165, 1.54) is 3.57 Å². The van der Waals surface area contributed by atoms with E-state index in [0.29, 0.717) is 6.42 Å². The fourth-order valence-electron chi connectivity index (χ4n) is 1.29. The van der Waals surface area contributed by atoms with Crippen molar-refractivity contribution in [3.05, 3.63) is 27.8 Å². The van der Waals surface area contributed by atoms with Gasteiger partial charge in [0.05, 0.1) is 0 Å². The predicted octanol–water partition coefficient (Wildman–Crippen LogP) is 2.59. The highest BCUT2D eigenvalue weighted by Gasteiger charge is 2.02. The molecule has 1 N–H and O–H groups in total. The molecule has 0 fully saturated rings. The molecule has 0 aliphatic rings. The average molecular weight is 319 g/mol. The lowest BCUT2D eigenvalue weighted by atomic mass is 10.2. The summed E-state index contributed by atoms with van der Waals surface area (Å²) in [6.07, 6.45) is 0.909. The van der Waals surface area contributed by atoms with Crippen LogP contribution in [0.2, 0.25) is 0 Å². The Morgan fingerprint density at radius 1 is 1.40 bits per heavy atom. The van der Waals surface area contributed by atoms with Gasteiger partial charge in [-0.1, -0.05) is 0 Å². The van der Waals surface area contributed by atoms with Crippen LogP contribution in [0.3, 0.4) is 0 Å². The maximum atomic E-state index is 10.3. The van der Waals surface area contributed by atoms with Crippen LogP contribution in [0.25, 0.3) is 0 Å². The highest BCUT2D eigenvalue weighted by molar-refractivity contribution is 14.1. The topological polar surface area (TPSA) is 40.5 Å². The van der Waals surface area contributed by atoms with Gasteiger partial charge in [0.25, 0.3) is 0 Å². The van der Waals surface area contributed by atoms with Gasteiger partial charge in [0.2, 0.25) is 0 Å². The maximum Gasteiger partial charge on any atom is 0.303 e. The summed E-state index contributed by atoms with van der Waals surface area (Å²) >= 11 is 2.26. The van der Waals surface area contributed by atoms with Crippen LogP contribution in [0.15, 0.2) is 24.3 Å². The van der Waals surface area contributed by atoms with Gasteiger partial charge in [0.15, 0.2) is 0 Å².